The Kier molecular flexibility index (Phi) is 3.62. The van der Waals surface area contributed by atoms with E-state index >= 15 is 0 Å². The quantitative estimate of drug-likeness (QED) is 0.755. The molecule has 0 bridgehead atoms. The maximum Gasteiger partial charge on any atom is 0.180 e. The molecule has 3 nitrogen and oxygen atoms in total. The second-order valence-electron chi connectivity index (χ2n) is 4.94. The van der Waals surface area contributed by atoms with Crippen molar-refractivity contribution in [2.75, 3.05) is 5.73 Å². The topological polar surface area (TPSA) is 48.1 Å². The molecule has 106 valence electrons. The Bertz CT molecular complexity index is 780. The number of nitrogen functional groups attached to an aromatic ring is 1. The average molecular weight is 296 g/mol. The van der Waals surface area contributed by atoms with Crippen molar-refractivity contribution in [2.45, 2.75) is 13.8 Å². The summed E-state index contributed by atoms with van der Waals surface area (Å²) in [5.74, 6) is 1.64. The van der Waals surface area contributed by atoms with Crippen molar-refractivity contribution in [3.05, 3.63) is 59.0 Å². The standard InChI is InChI=1S/C17H16N2OS/c1-11-7-8-15(12(2)9-11)20-16-6-4-3-5-13(16)14-10-21-17(18)19-14/h3-10H,1-2H3,(H2,18,19). The van der Waals surface area contributed by atoms with E-state index in [4.69, 9.17) is 10.5 Å². The highest BCUT2D eigenvalue weighted by Crippen LogP contribution is 2.35. The van der Waals surface area contributed by atoms with E-state index in [1.54, 1.807) is 0 Å². The smallest absolute Gasteiger partial charge is 0.180 e. The van der Waals surface area contributed by atoms with E-state index in [-0.39, 0.29) is 0 Å². The van der Waals surface area contributed by atoms with Gasteiger partial charge >= 0.3 is 0 Å². The number of para-hydroxylation sites is 1. The van der Waals surface area contributed by atoms with Crippen LogP contribution in [0, 0.1) is 13.8 Å². The zero-order valence-corrected chi connectivity index (χ0v) is 12.8. The van der Waals surface area contributed by atoms with Crippen LogP contribution in [0.2, 0.25) is 0 Å². The molecule has 2 aromatic carbocycles. The maximum absolute atomic E-state index is 6.08. The summed E-state index contributed by atoms with van der Waals surface area (Å²) in [6.45, 7) is 4.12. The summed E-state index contributed by atoms with van der Waals surface area (Å²) >= 11 is 1.43. The van der Waals surface area contributed by atoms with Gasteiger partial charge in [0.25, 0.3) is 0 Å². The van der Waals surface area contributed by atoms with E-state index < -0.39 is 0 Å². The molecule has 0 unspecified atom stereocenters. The Hall–Kier alpha value is -2.33. The molecule has 0 radical (unpaired) electrons. The number of ether oxygens (including phenoxy) is 1. The second kappa shape index (κ2) is 5.58. The molecule has 0 atom stereocenters. The molecule has 4 heteroatoms. The summed E-state index contributed by atoms with van der Waals surface area (Å²) in [5, 5.41) is 2.51. The summed E-state index contributed by atoms with van der Waals surface area (Å²) in [6, 6.07) is 14.0. The minimum atomic E-state index is 0.561. The van der Waals surface area contributed by atoms with Crippen molar-refractivity contribution in [3.63, 3.8) is 0 Å². The maximum atomic E-state index is 6.08. The van der Waals surface area contributed by atoms with Crippen LogP contribution in [-0.4, -0.2) is 4.98 Å². The van der Waals surface area contributed by atoms with Crippen LogP contribution in [0.1, 0.15) is 11.1 Å². The summed E-state index contributed by atoms with van der Waals surface area (Å²) in [4.78, 5) is 4.34. The molecular weight excluding hydrogens is 280 g/mol. The number of hydrogen-bond donors (Lipinski definition) is 1. The van der Waals surface area contributed by atoms with Gasteiger partial charge in [0, 0.05) is 10.9 Å². The number of benzene rings is 2. The van der Waals surface area contributed by atoms with Crippen molar-refractivity contribution in [2.24, 2.45) is 0 Å². The van der Waals surface area contributed by atoms with Crippen LogP contribution in [0.25, 0.3) is 11.3 Å². The first kappa shape index (κ1) is 13.6. The molecule has 0 aliphatic carbocycles. The fourth-order valence-corrected chi connectivity index (χ4v) is 2.77. The minimum absolute atomic E-state index is 0.561. The Morgan fingerprint density at radius 3 is 2.57 bits per heavy atom. The fraction of sp³-hybridized carbons (Fsp3) is 0.118. The van der Waals surface area contributed by atoms with Crippen molar-refractivity contribution in [3.8, 4) is 22.8 Å². The Labute approximate surface area is 128 Å². The first-order valence-electron chi connectivity index (χ1n) is 6.69. The number of nitrogens with two attached hydrogens (primary N) is 1. The Morgan fingerprint density at radius 1 is 1.05 bits per heavy atom. The van der Waals surface area contributed by atoms with E-state index in [0.29, 0.717) is 5.13 Å². The highest BCUT2D eigenvalue weighted by Gasteiger charge is 2.11. The lowest BCUT2D eigenvalue weighted by atomic mass is 10.1. The van der Waals surface area contributed by atoms with Crippen molar-refractivity contribution < 1.29 is 4.74 Å². The number of nitrogens with zero attached hydrogens (tertiary/aromatic N) is 1. The molecule has 21 heavy (non-hydrogen) atoms. The van der Waals surface area contributed by atoms with Crippen molar-refractivity contribution in [1.82, 2.24) is 4.98 Å². The number of aromatic nitrogens is 1. The fourth-order valence-electron chi connectivity index (χ4n) is 2.21. The van der Waals surface area contributed by atoms with Gasteiger partial charge in [-0.05, 0) is 37.6 Å². The van der Waals surface area contributed by atoms with Gasteiger partial charge in [-0.2, -0.15) is 0 Å². The van der Waals surface area contributed by atoms with Crippen LogP contribution in [0.3, 0.4) is 0 Å². The lowest BCUT2D eigenvalue weighted by Gasteiger charge is -2.12. The van der Waals surface area contributed by atoms with Crippen LogP contribution < -0.4 is 10.5 Å². The molecule has 2 N–H and O–H groups in total. The molecule has 0 amide bonds. The first-order valence-corrected chi connectivity index (χ1v) is 7.57. The van der Waals surface area contributed by atoms with Crippen LogP contribution in [0.5, 0.6) is 11.5 Å². The highest BCUT2D eigenvalue weighted by molar-refractivity contribution is 7.13. The van der Waals surface area contributed by atoms with Crippen LogP contribution in [-0.2, 0) is 0 Å². The molecule has 0 aliphatic rings. The number of thiazole rings is 1. The average Bonchev–Trinajstić information content (AvgIpc) is 2.89. The normalized spacial score (nSPS) is 10.6. The largest absolute Gasteiger partial charge is 0.456 e. The summed E-state index contributed by atoms with van der Waals surface area (Å²) in [6.07, 6.45) is 0. The van der Waals surface area contributed by atoms with Crippen LogP contribution in [0.15, 0.2) is 47.8 Å². The molecule has 3 aromatic rings. The molecule has 0 aliphatic heterocycles. The van der Waals surface area contributed by atoms with Crippen molar-refractivity contribution >= 4 is 16.5 Å². The third-order valence-corrected chi connectivity index (χ3v) is 3.91. The van der Waals surface area contributed by atoms with E-state index in [1.165, 1.54) is 16.9 Å². The summed E-state index contributed by atoms with van der Waals surface area (Å²) in [7, 11) is 0. The van der Waals surface area contributed by atoms with Gasteiger partial charge in [-0.25, -0.2) is 4.98 Å². The van der Waals surface area contributed by atoms with Gasteiger partial charge in [0.15, 0.2) is 5.13 Å². The summed E-state index contributed by atoms with van der Waals surface area (Å²) < 4.78 is 6.08. The van der Waals surface area contributed by atoms with Gasteiger partial charge < -0.3 is 10.5 Å². The third-order valence-electron chi connectivity index (χ3n) is 3.24. The SMILES string of the molecule is Cc1ccc(Oc2ccccc2-c2csc(N)n2)c(C)c1. The second-order valence-corrected chi connectivity index (χ2v) is 5.83. The number of rotatable bonds is 3. The molecule has 0 spiro atoms. The molecule has 0 saturated heterocycles. The molecule has 1 aromatic heterocycles. The lowest BCUT2D eigenvalue weighted by Crippen LogP contribution is -1.91. The molecule has 0 fully saturated rings. The Balaban J connectivity index is 1.99. The van der Waals surface area contributed by atoms with Gasteiger partial charge in [-0.3, -0.25) is 0 Å². The third kappa shape index (κ3) is 2.90. The van der Waals surface area contributed by atoms with Gasteiger partial charge in [0.1, 0.15) is 11.5 Å². The predicted octanol–water partition coefficient (Wildman–Crippen LogP) is 4.80. The van der Waals surface area contributed by atoms with Crippen molar-refractivity contribution in [1.29, 1.82) is 0 Å². The highest BCUT2D eigenvalue weighted by atomic mass is 32.1. The number of anilines is 1. The zero-order valence-electron chi connectivity index (χ0n) is 12.0. The number of hydrogen-bond acceptors (Lipinski definition) is 4. The monoisotopic (exact) mass is 296 g/mol. The minimum Gasteiger partial charge on any atom is -0.456 e. The van der Waals surface area contributed by atoms with E-state index in [0.717, 1.165) is 28.3 Å². The zero-order chi connectivity index (χ0) is 14.8. The molecule has 1 heterocycles. The molecule has 0 saturated carbocycles. The first-order chi connectivity index (χ1) is 10.1. The number of aryl methyl sites for hydroxylation is 2. The van der Waals surface area contributed by atoms with E-state index in [1.807, 2.05) is 48.7 Å². The van der Waals surface area contributed by atoms with Gasteiger partial charge in [0.05, 0.1) is 5.69 Å². The van der Waals surface area contributed by atoms with Gasteiger partial charge in [-0.15, -0.1) is 11.3 Å². The van der Waals surface area contributed by atoms with Gasteiger partial charge in [0.2, 0.25) is 0 Å². The lowest BCUT2D eigenvalue weighted by molar-refractivity contribution is 0.480. The predicted molar refractivity (Wildman–Crippen MR) is 88.0 cm³/mol. The molecule has 3 rings (SSSR count). The Morgan fingerprint density at radius 2 is 1.86 bits per heavy atom. The van der Waals surface area contributed by atoms with E-state index in [2.05, 4.69) is 18.0 Å². The van der Waals surface area contributed by atoms with Crippen LogP contribution >= 0.6 is 11.3 Å². The summed E-state index contributed by atoms with van der Waals surface area (Å²) in [5.41, 5.74) is 9.86. The molecular formula is C17H16N2OS. The van der Waals surface area contributed by atoms with Gasteiger partial charge in [-0.1, -0.05) is 29.8 Å². The van der Waals surface area contributed by atoms with E-state index in [9.17, 15) is 0 Å². The van der Waals surface area contributed by atoms with Crippen LogP contribution in [0.4, 0.5) is 5.13 Å².